The molecule has 2 aliphatic heterocycles. The van der Waals surface area contributed by atoms with Gasteiger partial charge in [-0.05, 0) is 37.1 Å². The predicted molar refractivity (Wildman–Crippen MR) is 123 cm³/mol. The van der Waals surface area contributed by atoms with Crippen molar-refractivity contribution < 1.29 is 4.39 Å². The molecule has 7 nitrogen and oxygen atoms in total. The summed E-state index contributed by atoms with van der Waals surface area (Å²) in [4.78, 5) is 8.94. The van der Waals surface area contributed by atoms with Crippen LogP contribution in [0.4, 0.5) is 10.1 Å². The minimum atomic E-state index is -0.205. The molecule has 0 radical (unpaired) electrons. The zero-order valence-corrected chi connectivity index (χ0v) is 19.0. The average molecular weight is 513 g/mol. The van der Waals surface area contributed by atoms with E-state index in [1.165, 1.54) is 31.4 Å². The standard InChI is InChI=1S/C20H28FN7.HI/c21-16-5-7-17(8-6-16)26-12-14-27(15-13-26)20(22)23-10-9-19-25-24-18-4-2-1-3-11-28(18)19;/h5-8H,1-4,9-15H2,(H2,22,23);1H. The van der Waals surface area contributed by atoms with E-state index in [-0.39, 0.29) is 29.8 Å². The third-order valence-electron chi connectivity index (χ3n) is 5.59. The summed E-state index contributed by atoms with van der Waals surface area (Å²) in [6.45, 7) is 4.96. The van der Waals surface area contributed by atoms with Gasteiger partial charge in [0.05, 0.1) is 0 Å². The molecule has 0 spiro atoms. The molecule has 0 unspecified atom stereocenters. The Bertz CT molecular complexity index is 813. The number of fused-ring (bicyclic) bond motifs is 1. The first-order valence-corrected chi connectivity index (χ1v) is 10.2. The summed E-state index contributed by atoms with van der Waals surface area (Å²) in [6.07, 6.45) is 5.45. The molecule has 1 fully saturated rings. The number of rotatable bonds is 4. The van der Waals surface area contributed by atoms with E-state index in [0.717, 1.165) is 62.9 Å². The van der Waals surface area contributed by atoms with Crippen LogP contribution in [0.5, 0.6) is 0 Å². The molecule has 1 aromatic carbocycles. The van der Waals surface area contributed by atoms with Gasteiger partial charge in [0.25, 0.3) is 0 Å². The second-order valence-corrected chi connectivity index (χ2v) is 7.44. The number of halogens is 2. The minimum absolute atomic E-state index is 0. The quantitative estimate of drug-likeness (QED) is 0.386. The van der Waals surface area contributed by atoms with Crippen molar-refractivity contribution in [1.82, 2.24) is 19.7 Å². The van der Waals surface area contributed by atoms with Gasteiger partial charge < -0.3 is 20.1 Å². The number of piperazine rings is 1. The molecule has 1 aromatic heterocycles. The van der Waals surface area contributed by atoms with E-state index in [4.69, 9.17) is 5.73 Å². The minimum Gasteiger partial charge on any atom is -0.370 e. The molecular formula is C20H29FIN7. The van der Waals surface area contributed by atoms with E-state index in [1.54, 1.807) is 0 Å². The van der Waals surface area contributed by atoms with E-state index in [2.05, 4.69) is 29.6 Å². The Hall–Kier alpha value is -1.91. The highest BCUT2D eigenvalue weighted by Crippen LogP contribution is 2.17. The maximum Gasteiger partial charge on any atom is 0.191 e. The lowest BCUT2D eigenvalue weighted by Gasteiger charge is -2.36. The molecule has 9 heteroatoms. The van der Waals surface area contributed by atoms with Gasteiger partial charge in [-0.15, -0.1) is 34.2 Å². The summed E-state index contributed by atoms with van der Waals surface area (Å²) in [5.41, 5.74) is 7.27. The van der Waals surface area contributed by atoms with E-state index in [1.807, 2.05) is 12.1 Å². The summed E-state index contributed by atoms with van der Waals surface area (Å²) in [5.74, 6) is 2.52. The number of nitrogens with two attached hydrogens (primary N) is 1. The number of anilines is 1. The molecule has 0 amide bonds. The van der Waals surface area contributed by atoms with Crippen LogP contribution in [0, 0.1) is 5.82 Å². The molecule has 29 heavy (non-hydrogen) atoms. The fraction of sp³-hybridized carbons (Fsp3) is 0.550. The smallest absolute Gasteiger partial charge is 0.191 e. The Balaban J connectivity index is 0.00000240. The van der Waals surface area contributed by atoms with Gasteiger partial charge in [-0.1, -0.05) is 6.42 Å². The number of benzene rings is 1. The van der Waals surface area contributed by atoms with E-state index >= 15 is 0 Å². The third kappa shape index (κ3) is 5.37. The second-order valence-electron chi connectivity index (χ2n) is 7.44. The van der Waals surface area contributed by atoms with Crippen molar-refractivity contribution in [1.29, 1.82) is 0 Å². The molecule has 0 bridgehead atoms. The van der Waals surface area contributed by atoms with Gasteiger partial charge >= 0.3 is 0 Å². The fourth-order valence-corrected chi connectivity index (χ4v) is 3.95. The molecule has 158 valence electrons. The van der Waals surface area contributed by atoms with Gasteiger partial charge in [0.2, 0.25) is 0 Å². The lowest BCUT2D eigenvalue weighted by atomic mass is 10.2. The van der Waals surface area contributed by atoms with Crippen molar-refractivity contribution in [2.45, 2.75) is 38.6 Å². The number of guanidine groups is 1. The normalized spacial score (nSPS) is 17.5. The Morgan fingerprint density at radius 1 is 1.00 bits per heavy atom. The van der Waals surface area contributed by atoms with E-state index in [0.29, 0.717) is 12.5 Å². The topological polar surface area (TPSA) is 75.6 Å². The molecule has 3 heterocycles. The predicted octanol–water partition coefficient (Wildman–Crippen LogP) is 2.44. The maximum atomic E-state index is 13.1. The zero-order chi connectivity index (χ0) is 19.3. The molecule has 0 atom stereocenters. The zero-order valence-electron chi connectivity index (χ0n) is 16.6. The second kappa shape index (κ2) is 10.2. The largest absolute Gasteiger partial charge is 0.370 e. The summed E-state index contributed by atoms with van der Waals surface area (Å²) in [6, 6.07) is 6.65. The summed E-state index contributed by atoms with van der Waals surface area (Å²) in [5, 5.41) is 8.70. The lowest BCUT2D eigenvalue weighted by Crippen LogP contribution is -2.51. The van der Waals surface area contributed by atoms with Crippen LogP contribution in [0.2, 0.25) is 0 Å². The molecule has 2 aromatic rings. The van der Waals surface area contributed by atoms with Crippen LogP contribution in [-0.4, -0.2) is 58.3 Å². The van der Waals surface area contributed by atoms with Gasteiger partial charge in [-0.25, -0.2) is 4.39 Å². The van der Waals surface area contributed by atoms with Crippen LogP contribution in [0.1, 0.15) is 30.9 Å². The van der Waals surface area contributed by atoms with Crippen LogP contribution in [-0.2, 0) is 19.4 Å². The van der Waals surface area contributed by atoms with Crippen molar-refractivity contribution in [2.24, 2.45) is 10.7 Å². The first kappa shape index (κ1) is 21.8. The third-order valence-corrected chi connectivity index (χ3v) is 5.59. The summed E-state index contributed by atoms with van der Waals surface area (Å²) >= 11 is 0. The first-order valence-electron chi connectivity index (χ1n) is 10.2. The number of aliphatic imine (C=N–C) groups is 1. The number of nitrogens with zero attached hydrogens (tertiary/aromatic N) is 6. The van der Waals surface area contributed by atoms with Gasteiger partial charge in [0, 0.05) is 57.8 Å². The maximum absolute atomic E-state index is 13.1. The Morgan fingerprint density at radius 2 is 1.76 bits per heavy atom. The number of hydrogen-bond donors (Lipinski definition) is 1. The van der Waals surface area contributed by atoms with Crippen molar-refractivity contribution in [3.8, 4) is 0 Å². The van der Waals surface area contributed by atoms with Gasteiger partial charge in [0.1, 0.15) is 17.5 Å². The molecule has 2 aliphatic rings. The van der Waals surface area contributed by atoms with Crippen LogP contribution in [0.3, 0.4) is 0 Å². The van der Waals surface area contributed by atoms with Crippen molar-refractivity contribution in [3.05, 3.63) is 41.7 Å². The van der Waals surface area contributed by atoms with Gasteiger partial charge in [-0.3, -0.25) is 4.99 Å². The highest BCUT2D eigenvalue weighted by molar-refractivity contribution is 14.0. The average Bonchev–Trinajstić information content (AvgIpc) is 2.95. The van der Waals surface area contributed by atoms with Crippen LogP contribution in [0.15, 0.2) is 29.3 Å². The van der Waals surface area contributed by atoms with Crippen LogP contribution >= 0.6 is 24.0 Å². The molecule has 0 aliphatic carbocycles. The Labute approximate surface area is 188 Å². The van der Waals surface area contributed by atoms with E-state index in [9.17, 15) is 4.39 Å². The molecule has 1 saturated heterocycles. The molecule has 0 saturated carbocycles. The fourth-order valence-electron chi connectivity index (χ4n) is 3.95. The number of hydrogen-bond acceptors (Lipinski definition) is 4. The van der Waals surface area contributed by atoms with E-state index < -0.39 is 0 Å². The van der Waals surface area contributed by atoms with Crippen LogP contribution in [0.25, 0.3) is 0 Å². The SMILES string of the molecule is I.NC(=NCCc1nnc2n1CCCCC2)N1CCN(c2ccc(F)cc2)CC1. The number of aryl methyl sites for hydroxylation is 1. The van der Waals surface area contributed by atoms with Crippen molar-refractivity contribution in [3.63, 3.8) is 0 Å². The highest BCUT2D eigenvalue weighted by atomic mass is 127. The molecule has 4 rings (SSSR count). The van der Waals surface area contributed by atoms with Gasteiger partial charge in [0.15, 0.2) is 5.96 Å². The summed E-state index contributed by atoms with van der Waals surface area (Å²) < 4.78 is 15.4. The highest BCUT2D eigenvalue weighted by Gasteiger charge is 2.19. The van der Waals surface area contributed by atoms with Crippen molar-refractivity contribution in [2.75, 3.05) is 37.6 Å². The first-order chi connectivity index (χ1) is 13.7. The van der Waals surface area contributed by atoms with Gasteiger partial charge in [-0.2, -0.15) is 0 Å². The Kier molecular flexibility index (Phi) is 7.68. The number of aromatic nitrogens is 3. The monoisotopic (exact) mass is 513 g/mol. The van der Waals surface area contributed by atoms with Crippen LogP contribution < -0.4 is 10.6 Å². The van der Waals surface area contributed by atoms with Crippen molar-refractivity contribution >= 4 is 35.6 Å². The lowest BCUT2D eigenvalue weighted by molar-refractivity contribution is 0.380. The molecule has 2 N–H and O–H groups in total. The Morgan fingerprint density at radius 3 is 2.52 bits per heavy atom. The summed E-state index contributed by atoms with van der Waals surface area (Å²) in [7, 11) is 0. The molecular weight excluding hydrogens is 484 g/mol.